The van der Waals surface area contributed by atoms with Crippen molar-refractivity contribution in [2.45, 2.75) is 45.6 Å². The average molecular weight is 196 g/mol. The molecule has 1 heterocycles. The summed E-state index contributed by atoms with van der Waals surface area (Å²) >= 11 is 0. The molecule has 0 saturated carbocycles. The molecule has 0 spiro atoms. The largest absolute Gasteiger partial charge is 0.322 e. The van der Waals surface area contributed by atoms with Crippen molar-refractivity contribution >= 4 is 6.03 Å². The Morgan fingerprint density at radius 3 is 3.00 bits per heavy atom. The van der Waals surface area contributed by atoms with Crippen LogP contribution in [0.5, 0.6) is 0 Å². The Hall–Kier alpha value is -0.990. The maximum Gasteiger partial charge on any atom is 0.321 e. The van der Waals surface area contributed by atoms with Crippen LogP contribution in [0.15, 0.2) is 12.3 Å². The summed E-state index contributed by atoms with van der Waals surface area (Å²) in [5.41, 5.74) is 0. The summed E-state index contributed by atoms with van der Waals surface area (Å²) in [4.78, 5) is 13.7. The number of piperidine rings is 1. The lowest BCUT2D eigenvalue weighted by Crippen LogP contribution is -2.47. The first-order chi connectivity index (χ1) is 6.79. The highest BCUT2D eigenvalue weighted by Gasteiger charge is 2.24. The molecule has 3 nitrogen and oxygen atoms in total. The van der Waals surface area contributed by atoms with Crippen molar-refractivity contribution in [1.29, 1.82) is 0 Å². The third-order valence-electron chi connectivity index (χ3n) is 2.73. The second-order valence-electron chi connectivity index (χ2n) is 3.70. The van der Waals surface area contributed by atoms with Gasteiger partial charge >= 0.3 is 6.03 Å². The molecule has 1 saturated heterocycles. The molecule has 1 N–H and O–H groups in total. The summed E-state index contributed by atoms with van der Waals surface area (Å²) in [6.45, 7) is 4.95. The van der Waals surface area contributed by atoms with E-state index < -0.39 is 0 Å². The van der Waals surface area contributed by atoms with Crippen LogP contribution in [-0.4, -0.2) is 23.5 Å². The van der Waals surface area contributed by atoms with E-state index in [2.05, 4.69) is 12.2 Å². The van der Waals surface area contributed by atoms with E-state index >= 15 is 0 Å². The summed E-state index contributed by atoms with van der Waals surface area (Å²) in [6.07, 6.45) is 8.14. The molecule has 14 heavy (non-hydrogen) atoms. The van der Waals surface area contributed by atoms with Crippen LogP contribution in [0, 0.1) is 0 Å². The second kappa shape index (κ2) is 5.68. The van der Waals surface area contributed by atoms with Crippen molar-refractivity contribution < 1.29 is 4.79 Å². The van der Waals surface area contributed by atoms with Crippen molar-refractivity contribution in [3.05, 3.63) is 12.3 Å². The maximum absolute atomic E-state index is 11.7. The molecular weight excluding hydrogens is 176 g/mol. The van der Waals surface area contributed by atoms with E-state index in [1.165, 1.54) is 6.42 Å². The van der Waals surface area contributed by atoms with Crippen LogP contribution < -0.4 is 5.32 Å². The van der Waals surface area contributed by atoms with Crippen LogP contribution in [0.25, 0.3) is 0 Å². The molecule has 1 aliphatic heterocycles. The van der Waals surface area contributed by atoms with E-state index in [9.17, 15) is 4.79 Å². The molecule has 2 amide bonds. The lowest BCUT2D eigenvalue weighted by Gasteiger charge is -2.34. The minimum absolute atomic E-state index is 0.0506. The molecule has 1 atom stereocenters. The summed E-state index contributed by atoms with van der Waals surface area (Å²) in [5, 5.41) is 2.77. The fraction of sp³-hybridized carbons (Fsp3) is 0.727. The van der Waals surface area contributed by atoms with E-state index in [1.54, 1.807) is 6.20 Å². The van der Waals surface area contributed by atoms with Gasteiger partial charge in [0.05, 0.1) is 0 Å². The number of likely N-dealkylation sites (tertiary alicyclic amines) is 1. The van der Waals surface area contributed by atoms with Crippen molar-refractivity contribution in [1.82, 2.24) is 10.2 Å². The summed E-state index contributed by atoms with van der Waals surface area (Å²) in [6, 6.07) is 0.489. The normalized spacial score (nSPS) is 22.7. The number of allylic oxidation sites excluding steroid dienone is 1. The van der Waals surface area contributed by atoms with Gasteiger partial charge in [-0.25, -0.2) is 4.79 Å². The number of rotatable bonds is 2. The molecule has 0 bridgehead atoms. The van der Waals surface area contributed by atoms with Gasteiger partial charge in [0, 0.05) is 18.8 Å². The average Bonchev–Trinajstić information content (AvgIpc) is 2.25. The van der Waals surface area contributed by atoms with Gasteiger partial charge in [0.15, 0.2) is 0 Å². The van der Waals surface area contributed by atoms with Gasteiger partial charge in [0.25, 0.3) is 0 Å². The second-order valence-corrected chi connectivity index (χ2v) is 3.70. The molecule has 0 aromatic rings. The number of amides is 2. The van der Waals surface area contributed by atoms with Gasteiger partial charge in [-0.2, -0.15) is 0 Å². The van der Waals surface area contributed by atoms with Gasteiger partial charge < -0.3 is 10.2 Å². The molecule has 80 valence electrons. The zero-order chi connectivity index (χ0) is 10.4. The number of hydrogen-bond donors (Lipinski definition) is 1. The number of carbonyl (C=O) groups is 1. The molecule has 1 aliphatic rings. The van der Waals surface area contributed by atoms with Crippen molar-refractivity contribution in [3.8, 4) is 0 Å². The quantitative estimate of drug-likeness (QED) is 0.723. The molecule has 0 aromatic carbocycles. The van der Waals surface area contributed by atoms with Crippen LogP contribution >= 0.6 is 0 Å². The van der Waals surface area contributed by atoms with Gasteiger partial charge in [-0.3, -0.25) is 0 Å². The molecule has 0 aliphatic carbocycles. The topological polar surface area (TPSA) is 32.3 Å². The molecule has 0 radical (unpaired) electrons. The summed E-state index contributed by atoms with van der Waals surface area (Å²) in [7, 11) is 0. The van der Waals surface area contributed by atoms with Crippen LogP contribution in [0.4, 0.5) is 4.79 Å². The van der Waals surface area contributed by atoms with Crippen LogP contribution in [0.2, 0.25) is 0 Å². The number of nitrogens with one attached hydrogen (secondary N) is 1. The van der Waals surface area contributed by atoms with Crippen LogP contribution in [0.3, 0.4) is 0 Å². The minimum atomic E-state index is 0.0506. The third kappa shape index (κ3) is 2.76. The highest BCUT2D eigenvalue weighted by atomic mass is 16.2. The third-order valence-corrected chi connectivity index (χ3v) is 2.73. The molecule has 1 rings (SSSR count). The van der Waals surface area contributed by atoms with E-state index in [4.69, 9.17) is 0 Å². The SMILES string of the molecule is C/C=C/NC(=O)N1CCCCC1CC. The standard InChI is InChI=1S/C11H20N2O/c1-3-8-12-11(14)13-9-6-5-7-10(13)4-2/h3,8,10H,4-7,9H2,1-2H3,(H,12,14)/b8-3+. The summed E-state index contributed by atoms with van der Waals surface area (Å²) < 4.78 is 0. The van der Waals surface area contributed by atoms with Crippen LogP contribution in [-0.2, 0) is 0 Å². The Labute approximate surface area is 86.2 Å². The van der Waals surface area contributed by atoms with E-state index in [0.717, 1.165) is 25.8 Å². The predicted molar refractivity (Wildman–Crippen MR) is 58.0 cm³/mol. The zero-order valence-corrected chi connectivity index (χ0v) is 9.12. The molecule has 0 aromatic heterocycles. The fourth-order valence-electron chi connectivity index (χ4n) is 1.93. The first kappa shape index (κ1) is 11.1. The van der Waals surface area contributed by atoms with Crippen molar-refractivity contribution in [3.63, 3.8) is 0 Å². The van der Waals surface area contributed by atoms with E-state index in [1.807, 2.05) is 17.9 Å². The van der Waals surface area contributed by atoms with Gasteiger partial charge in [-0.1, -0.05) is 13.0 Å². The molecule has 1 unspecified atom stereocenters. The first-order valence-electron chi connectivity index (χ1n) is 5.48. The van der Waals surface area contributed by atoms with Gasteiger partial charge in [0.1, 0.15) is 0 Å². The lowest BCUT2D eigenvalue weighted by molar-refractivity contribution is 0.152. The Balaban J connectivity index is 2.50. The van der Waals surface area contributed by atoms with Crippen LogP contribution in [0.1, 0.15) is 39.5 Å². The van der Waals surface area contributed by atoms with Crippen molar-refractivity contribution in [2.24, 2.45) is 0 Å². The highest BCUT2D eigenvalue weighted by molar-refractivity contribution is 5.75. The Morgan fingerprint density at radius 1 is 1.57 bits per heavy atom. The lowest BCUT2D eigenvalue weighted by atomic mass is 10.0. The first-order valence-corrected chi connectivity index (χ1v) is 5.48. The minimum Gasteiger partial charge on any atom is -0.322 e. The van der Waals surface area contributed by atoms with E-state index in [-0.39, 0.29) is 6.03 Å². The fourth-order valence-corrected chi connectivity index (χ4v) is 1.93. The number of hydrogen-bond acceptors (Lipinski definition) is 1. The number of nitrogens with zero attached hydrogens (tertiary/aromatic N) is 1. The zero-order valence-electron chi connectivity index (χ0n) is 9.12. The highest BCUT2D eigenvalue weighted by Crippen LogP contribution is 2.19. The Bertz CT molecular complexity index is 213. The van der Waals surface area contributed by atoms with Gasteiger partial charge in [-0.15, -0.1) is 0 Å². The molecule has 1 fully saturated rings. The van der Waals surface area contributed by atoms with Gasteiger partial charge in [0.2, 0.25) is 0 Å². The van der Waals surface area contributed by atoms with E-state index in [0.29, 0.717) is 6.04 Å². The smallest absolute Gasteiger partial charge is 0.321 e. The monoisotopic (exact) mass is 196 g/mol. The molecule has 3 heteroatoms. The summed E-state index contributed by atoms with van der Waals surface area (Å²) in [5.74, 6) is 0. The Kier molecular flexibility index (Phi) is 4.50. The number of urea groups is 1. The number of carbonyl (C=O) groups excluding carboxylic acids is 1. The van der Waals surface area contributed by atoms with Crippen molar-refractivity contribution in [2.75, 3.05) is 6.54 Å². The predicted octanol–water partition coefficient (Wildman–Crippen LogP) is 2.49. The maximum atomic E-state index is 11.7. The van der Waals surface area contributed by atoms with Gasteiger partial charge in [-0.05, 0) is 32.6 Å². The Morgan fingerprint density at radius 2 is 2.36 bits per heavy atom. The molecular formula is C11H20N2O.